The van der Waals surface area contributed by atoms with Crippen molar-refractivity contribution in [1.82, 2.24) is 4.98 Å². The standard InChI is InChI=1S/C16H16N4S/c1-20(2)13-6-4-12(5-7-13)16-19-14-8-3-11(10-18-17)9-15(14)21-16/h3-10H,17H2,1-2H3. The molecule has 0 aliphatic heterocycles. The number of hydrazone groups is 1. The number of fused-ring (bicyclic) bond motifs is 1. The molecule has 1 heterocycles. The average Bonchev–Trinajstić information content (AvgIpc) is 2.91. The summed E-state index contributed by atoms with van der Waals surface area (Å²) in [7, 11) is 4.07. The van der Waals surface area contributed by atoms with Crippen molar-refractivity contribution in [2.75, 3.05) is 19.0 Å². The molecule has 1 aromatic heterocycles. The molecule has 3 aromatic rings. The Labute approximate surface area is 127 Å². The van der Waals surface area contributed by atoms with Crippen molar-refractivity contribution in [3.8, 4) is 10.6 Å². The van der Waals surface area contributed by atoms with Crippen molar-refractivity contribution < 1.29 is 0 Å². The molecule has 0 bridgehead atoms. The number of thiazole rings is 1. The van der Waals surface area contributed by atoms with Gasteiger partial charge in [-0.3, -0.25) is 0 Å². The Hall–Kier alpha value is -2.40. The highest BCUT2D eigenvalue weighted by molar-refractivity contribution is 7.21. The molecule has 0 amide bonds. The summed E-state index contributed by atoms with van der Waals surface area (Å²) in [6.07, 6.45) is 1.64. The number of benzene rings is 2. The summed E-state index contributed by atoms with van der Waals surface area (Å²) in [6.45, 7) is 0. The van der Waals surface area contributed by atoms with Crippen molar-refractivity contribution in [1.29, 1.82) is 0 Å². The Kier molecular flexibility index (Phi) is 3.58. The third-order valence-corrected chi connectivity index (χ3v) is 4.33. The Bertz CT molecular complexity index is 788. The van der Waals surface area contributed by atoms with Crippen LogP contribution in [-0.2, 0) is 0 Å². The number of hydrogen-bond acceptors (Lipinski definition) is 5. The Morgan fingerprint density at radius 1 is 1.14 bits per heavy atom. The maximum Gasteiger partial charge on any atom is 0.124 e. The molecule has 2 N–H and O–H groups in total. The Morgan fingerprint density at radius 3 is 2.57 bits per heavy atom. The van der Waals surface area contributed by atoms with Gasteiger partial charge in [0.15, 0.2) is 0 Å². The van der Waals surface area contributed by atoms with Crippen LogP contribution in [0.3, 0.4) is 0 Å². The maximum atomic E-state index is 5.19. The Morgan fingerprint density at radius 2 is 1.90 bits per heavy atom. The molecule has 21 heavy (non-hydrogen) atoms. The first-order chi connectivity index (χ1) is 10.2. The molecular formula is C16H16N4S. The fraction of sp³-hybridized carbons (Fsp3) is 0.125. The van der Waals surface area contributed by atoms with E-state index in [9.17, 15) is 0 Å². The van der Waals surface area contributed by atoms with E-state index in [0.29, 0.717) is 0 Å². The summed E-state index contributed by atoms with van der Waals surface area (Å²) in [4.78, 5) is 6.77. The molecule has 4 nitrogen and oxygen atoms in total. The van der Waals surface area contributed by atoms with E-state index in [4.69, 9.17) is 5.84 Å². The molecule has 3 rings (SSSR count). The Balaban J connectivity index is 2.00. The molecular weight excluding hydrogens is 280 g/mol. The third-order valence-electron chi connectivity index (χ3n) is 3.27. The van der Waals surface area contributed by atoms with Crippen LogP contribution in [0.15, 0.2) is 47.6 Å². The first-order valence-corrected chi connectivity index (χ1v) is 7.40. The van der Waals surface area contributed by atoms with Crippen molar-refractivity contribution in [2.45, 2.75) is 0 Å². The van der Waals surface area contributed by atoms with Crippen LogP contribution in [0.25, 0.3) is 20.8 Å². The predicted octanol–water partition coefficient (Wildman–Crippen LogP) is 3.32. The second-order valence-corrected chi connectivity index (χ2v) is 6.00. The first-order valence-electron chi connectivity index (χ1n) is 6.59. The van der Waals surface area contributed by atoms with Gasteiger partial charge in [-0.1, -0.05) is 6.07 Å². The second kappa shape index (κ2) is 5.54. The lowest BCUT2D eigenvalue weighted by Crippen LogP contribution is -2.07. The quantitative estimate of drug-likeness (QED) is 0.458. The van der Waals surface area contributed by atoms with Gasteiger partial charge >= 0.3 is 0 Å². The lowest BCUT2D eigenvalue weighted by Gasteiger charge is -2.11. The maximum absolute atomic E-state index is 5.19. The number of hydrogen-bond donors (Lipinski definition) is 1. The van der Waals surface area contributed by atoms with Crippen LogP contribution in [0.2, 0.25) is 0 Å². The van der Waals surface area contributed by atoms with E-state index in [2.05, 4.69) is 45.3 Å². The molecule has 2 aromatic carbocycles. The highest BCUT2D eigenvalue weighted by Gasteiger charge is 2.07. The van der Waals surface area contributed by atoms with Gasteiger partial charge in [0.2, 0.25) is 0 Å². The number of nitrogens with two attached hydrogens (primary N) is 1. The van der Waals surface area contributed by atoms with Crippen molar-refractivity contribution in [2.24, 2.45) is 10.9 Å². The van der Waals surface area contributed by atoms with Crippen LogP contribution in [-0.4, -0.2) is 25.3 Å². The fourth-order valence-electron chi connectivity index (χ4n) is 2.13. The molecule has 0 aliphatic carbocycles. The minimum Gasteiger partial charge on any atom is -0.378 e. The van der Waals surface area contributed by atoms with Gasteiger partial charge in [0.05, 0.1) is 16.4 Å². The lowest BCUT2D eigenvalue weighted by molar-refractivity contribution is 1.13. The summed E-state index contributed by atoms with van der Waals surface area (Å²) in [5.74, 6) is 5.19. The van der Waals surface area contributed by atoms with E-state index in [1.54, 1.807) is 17.6 Å². The van der Waals surface area contributed by atoms with E-state index in [1.807, 2.05) is 26.2 Å². The number of anilines is 1. The smallest absolute Gasteiger partial charge is 0.124 e. The van der Waals surface area contributed by atoms with Crippen LogP contribution in [0.1, 0.15) is 5.56 Å². The third kappa shape index (κ3) is 2.73. The zero-order chi connectivity index (χ0) is 14.8. The number of rotatable bonds is 3. The van der Waals surface area contributed by atoms with Crippen LogP contribution in [0.4, 0.5) is 5.69 Å². The normalized spacial score (nSPS) is 11.3. The predicted molar refractivity (Wildman–Crippen MR) is 91.2 cm³/mol. The summed E-state index contributed by atoms with van der Waals surface area (Å²) in [5, 5.41) is 4.58. The average molecular weight is 296 g/mol. The SMILES string of the molecule is CN(C)c1ccc(-c2nc3ccc(C=NN)cc3s2)cc1. The number of aromatic nitrogens is 1. The molecule has 106 valence electrons. The molecule has 0 saturated carbocycles. The van der Waals surface area contributed by atoms with Gasteiger partial charge in [-0.25, -0.2) is 4.98 Å². The van der Waals surface area contributed by atoms with Gasteiger partial charge in [-0.15, -0.1) is 11.3 Å². The van der Waals surface area contributed by atoms with Gasteiger partial charge in [0.25, 0.3) is 0 Å². The highest BCUT2D eigenvalue weighted by Crippen LogP contribution is 2.31. The zero-order valence-electron chi connectivity index (χ0n) is 11.9. The first kappa shape index (κ1) is 13.6. The van der Waals surface area contributed by atoms with Crippen molar-refractivity contribution in [3.05, 3.63) is 48.0 Å². The van der Waals surface area contributed by atoms with Crippen molar-refractivity contribution >= 4 is 33.5 Å². The molecule has 0 spiro atoms. The molecule has 0 radical (unpaired) electrons. The summed E-state index contributed by atoms with van der Waals surface area (Å²) in [5.41, 5.74) is 4.31. The summed E-state index contributed by atoms with van der Waals surface area (Å²) in [6, 6.07) is 14.4. The van der Waals surface area contributed by atoms with Crippen LogP contribution in [0.5, 0.6) is 0 Å². The van der Waals surface area contributed by atoms with E-state index >= 15 is 0 Å². The minimum atomic E-state index is 0.989. The van der Waals surface area contributed by atoms with Crippen LogP contribution >= 0.6 is 11.3 Å². The van der Waals surface area contributed by atoms with Crippen molar-refractivity contribution in [3.63, 3.8) is 0 Å². The van der Waals surface area contributed by atoms with E-state index in [-0.39, 0.29) is 0 Å². The molecule has 0 fully saturated rings. The summed E-state index contributed by atoms with van der Waals surface area (Å²) < 4.78 is 1.14. The minimum absolute atomic E-state index is 0.989. The van der Waals surface area contributed by atoms with E-state index in [1.165, 1.54) is 5.69 Å². The second-order valence-electron chi connectivity index (χ2n) is 4.97. The molecule has 0 atom stereocenters. The van der Waals surface area contributed by atoms with E-state index in [0.717, 1.165) is 26.4 Å². The van der Waals surface area contributed by atoms with Gasteiger partial charge in [-0.2, -0.15) is 5.10 Å². The molecule has 0 unspecified atom stereocenters. The van der Waals surface area contributed by atoms with Gasteiger partial charge < -0.3 is 10.7 Å². The zero-order valence-corrected chi connectivity index (χ0v) is 12.8. The van der Waals surface area contributed by atoms with Gasteiger partial charge in [0.1, 0.15) is 5.01 Å². The van der Waals surface area contributed by atoms with Gasteiger partial charge in [-0.05, 0) is 42.0 Å². The van der Waals surface area contributed by atoms with Gasteiger partial charge in [0, 0.05) is 25.3 Å². The molecule has 0 saturated heterocycles. The summed E-state index contributed by atoms with van der Waals surface area (Å²) >= 11 is 1.68. The number of nitrogens with zero attached hydrogens (tertiary/aromatic N) is 3. The van der Waals surface area contributed by atoms with Crippen LogP contribution in [0, 0.1) is 0 Å². The highest BCUT2D eigenvalue weighted by atomic mass is 32.1. The van der Waals surface area contributed by atoms with Crippen LogP contribution < -0.4 is 10.7 Å². The molecule has 0 aliphatic rings. The molecule has 5 heteroatoms. The fourth-order valence-corrected chi connectivity index (χ4v) is 3.15. The largest absolute Gasteiger partial charge is 0.378 e. The monoisotopic (exact) mass is 296 g/mol. The lowest BCUT2D eigenvalue weighted by atomic mass is 10.2. The topological polar surface area (TPSA) is 54.5 Å². The van der Waals surface area contributed by atoms with E-state index < -0.39 is 0 Å².